The molecule has 0 aromatic heterocycles. The van der Waals surface area contributed by atoms with E-state index in [-0.39, 0.29) is 6.10 Å². The number of ether oxygens (including phenoxy) is 2. The Hall–Kier alpha value is -2.31. The van der Waals surface area contributed by atoms with Gasteiger partial charge in [-0.15, -0.1) is 12.3 Å². The second-order valence-electron chi connectivity index (χ2n) is 7.05. The molecule has 0 aliphatic carbocycles. The van der Waals surface area contributed by atoms with Crippen molar-refractivity contribution in [1.82, 2.24) is 0 Å². The van der Waals surface area contributed by atoms with Crippen LogP contribution in [0, 0.1) is 12.3 Å². The summed E-state index contributed by atoms with van der Waals surface area (Å²) in [6.07, 6.45) is 10.9. The molecule has 0 aliphatic heterocycles. The Balaban J connectivity index is 2.23. The number of carbonyl (C=O) groups excluding carboxylic acids is 1. The zero-order valence-electron chi connectivity index (χ0n) is 16.7. The molecule has 0 saturated carbocycles. The van der Waals surface area contributed by atoms with E-state index in [4.69, 9.17) is 15.9 Å². The molecule has 2 aromatic carbocycles. The van der Waals surface area contributed by atoms with Crippen molar-refractivity contribution < 1.29 is 14.3 Å². The highest BCUT2D eigenvalue weighted by molar-refractivity contribution is 5.92. The van der Waals surface area contributed by atoms with Gasteiger partial charge in [-0.3, -0.25) is 0 Å². The maximum absolute atomic E-state index is 13.1. The SMILES string of the molecule is C#CC[C@@H](CCCCCC)OC(=O)[C@](C)(OC)c1cccc2ccccc12. The van der Waals surface area contributed by atoms with Gasteiger partial charge in [-0.2, -0.15) is 0 Å². The number of methoxy groups -OCH3 is 1. The number of unbranched alkanes of at least 4 members (excludes halogenated alkanes) is 3. The van der Waals surface area contributed by atoms with Crippen molar-refractivity contribution in [2.75, 3.05) is 7.11 Å². The van der Waals surface area contributed by atoms with Crippen LogP contribution in [0.25, 0.3) is 10.8 Å². The molecule has 0 unspecified atom stereocenters. The van der Waals surface area contributed by atoms with Gasteiger partial charge in [-0.25, -0.2) is 4.79 Å². The summed E-state index contributed by atoms with van der Waals surface area (Å²) in [4.78, 5) is 13.1. The Kier molecular flexibility index (Phi) is 7.88. The summed E-state index contributed by atoms with van der Waals surface area (Å²) in [5, 5.41) is 2.04. The van der Waals surface area contributed by atoms with Gasteiger partial charge in [0.1, 0.15) is 6.10 Å². The molecule has 3 heteroatoms. The number of rotatable bonds is 10. The van der Waals surface area contributed by atoms with E-state index in [1.807, 2.05) is 42.5 Å². The Morgan fingerprint density at radius 3 is 2.59 bits per heavy atom. The third kappa shape index (κ3) is 5.11. The number of benzene rings is 2. The summed E-state index contributed by atoms with van der Waals surface area (Å²) in [7, 11) is 1.54. The topological polar surface area (TPSA) is 35.5 Å². The molecule has 0 saturated heterocycles. The summed E-state index contributed by atoms with van der Waals surface area (Å²) >= 11 is 0. The zero-order valence-corrected chi connectivity index (χ0v) is 16.7. The van der Waals surface area contributed by atoms with Crippen LogP contribution in [0.1, 0.15) is 57.9 Å². The lowest BCUT2D eigenvalue weighted by molar-refractivity contribution is -0.174. The monoisotopic (exact) mass is 366 g/mol. The maximum Gasteiger partial charge on any atom is 0.343 e. The number of fused-ring (bicyclic) bond motifs is 1. The standard InChI is InChI=1S/C24H30O3/c1-5-7-8-9-16-20(13-6-2)27-23(25)24(3,26-4)22-18-12-15-19-14-10-11-17-21(19)22/h2,10-12,14-15,17-18,20H,5,7-9,13,16H2,1,3-4H3/t20-,24+/m0/s1. The molecule has 0 bridgehead atoms. The molecule has 3 nitrogen and oxygen atoms in total. The third-order valence-corrected chi connectivity index (χ3v) is 5.10. The molecule has 0 spiro atoms. The molecule has 0 amide bonds. The molecule has 144 valence electrons. The highest BCUT2D eigenvalue weighted by Crippen LogP contribution is 2.33. The van der Waals surface area contributed by atoms with E-state index in [9.17, 15) is 4.79 Å². The highest BCUT2D eigenvalue weighted by atomic mass is 16.6. The Bertz CT molecular complexity index is 784. The van der Waals surface area contributed by atoms with Crippen LogP contribution in [0.2, 0.25) is 0 Å². The van der Waals surface area contributed by atoms with Gasteiger partial charge in [0.15, 0.2) is 5.60 Å². The Labute approximate surface area is 163 Å². The smallest absolute Gasteiger partial charge is 0.343 e. The summed E-state index contributed by atoms with van der Waals surface area (Å²) in [5.41, 5.74) is -0.379. The Morgan fingerprint density at radius 2 is 1.89 bits per heavy atom. The van der Waals surface area contributed by atoms with Crippen molar-refractivity contribution in [3.8, 4) is 12.3 Å². The van der Waals surface area contributed by atoms with Crippen molar-refractivity contribution in [2.45, 2.75) is 64.1 Å². The van der Waals surface area contributed by atoms with Crippen LogP contribution < -0.4 is 0 Å². The van der Waals surface area contributed by atoms with Crippen molar-refractivity contribution >= 4 is 16.7 Å². The van der Waals surface area contributed by atoms with E-state index in [1.165, 1.54) is 12.8 Å². The van der Waals surface area contributed by atoms with Gasteiger partial charge in [0.2, 0.25) is 0 Å². The molecule has 2 aromatic rings. The van der Waals surface area contributed by atoms with Crippen molar-refractivity contribution in [1.29, 1.82) is 0 Å². The number of hydrogen-bond donors (Lipinski definition) is 0. The van der Waals surface area contributed by atoms with Gasteiger partial charge in [0.05, 0.1) is 0 Å². The second-order valence-corrected chi connectivity index (χ2v) is 7.05. The van der Waals surface area contributed by atoms with Crippen LogP contribution in [0.3, 0.4) is 0 Å². The molecule has 2 atom stereocenters. The third-order valence-electron chi connectivity index (χ3n) is 5.10. The fourth-order valence-electron chi connectivity index (χ4n) is 3.34. The largest absolute Gasteiger partial charge is 0.459 e. The normalized spacial score (nSPS) is 14.3. The number of esters is 1. The van der Waals surface area contributed by atoms with Crippen molar-refractivity contribution in [2.24, 2.45) is 0 Å². The van der Waals surface area contributed by atoms with Gasteiger partial charge in [0, 0.05) is 19.1 Å². The van der Waals surface area contributed by atoms with E-state index < -0.39 is 11.6 Å². The minimum Gasteiger partial charge on any atom is -0.459 e. The Morgan fingerprint density at radius 1 is 1.15 bits per heavy atom. The predicted octanol–water partition coefficient (Wildman–Crippen LogP) is 5.61. The van der Waals surface area contributed by atoms with Gasteiger partial charge >= 0.3 is 5.97 Å². The zero-order chi connectivity index (χ0) is 19.7. The first-order valence-corrected chi connectivity index (χ1v) is 9.74. The number of hydrogen-bond acceptors (Lipinski definition) is 3. The second kappa shape index (κ2) is 10.1. The summed E-state index contributed by atoms with van der Waals surface area (Å²) in [6, 6.07) is 13.8. The molecule has 0 heterocycles. The van der Waals surface area contributed by atoms with Crippen LogP contribution in [0.4, 0.5) is 0 Å². The fraction of sp³-hybridized carbons (Fsp3) is 0.458. The van der Waals surface area contributed by atoms with E-state index in [0.717, 1.165) is 35.6 Å². The molecule has 0 N–H and O–H groups in total. The van der Waals surface area contributed by atoms with Gasteiger partial charge in [-0.05, 0) is 30.5 Å². The lowest BCUT2D eigenvalue weighted by Gasteiger charge is -2.29. The minimum absolute atomic E-state index is 0.274. The van der Waals surface area contributed by atoms with E-state index >= 15 is 0 Å². The average Bonchev–Trinajstić information content (AvgIpc) is 2.70. The summed E-state index contributed by atoms with van der Waals surface area (Å²) in [6.45, 7) is 3.94. The first-order valence-electron chi connectivity index (χ1n) is 9.74. The highest BCUT2D eigenvalue weighted by Gasteiger charge is 2.39. The maximum atomic E-state index is 13.1. The molecule has 0 aliphatic rings. The molecule has 0 radical (unpaired) electrons. The molecular formula is C24H30O3. The molecular weight excluding hydrogens is 336 g/mol. The average molecular weight is 367 g/mol. The van der Waals surface area contributed by atoms with Crippen LogP contribution >= 0.6 is 0 Å². The first-order chi connectivity index (χ1) is 13.1. The van der Waals surface area contributed by atoms with E-state index in [1.54, 1.807) is 14.0 Å². The summed E-state index contributed by atoms with van der Waals surface area (Å²) in [5.74, 6) is 2.24. The van der Waals surface area contributed by atoms with E-state index in [0.29, 0.717) is 6.42 Å². The summed E-state index contributed by atoms with van der Waals surface area (Å²) < 4.78 is 11.5. The fourth-order valence-corrected chi connectivity index (χ4v) is 3.34. The predicted molar refractivity (Wildman–Crippen MR) is 110 cm³/mol. The van der Waals surface area contributed by atoms with Crippen LogP contribution in [-0.2, 0) is 19.9 Å². The lowest BCUT2D eigenvalue weighted by atomic mass is 9.90. The number of terminal acetylenes is 1. The van der Waals surface area contributed by atoms with Gasteiger partial charge in [-0.1, -0.05) is 68.7 Å². The van der Waals surface area contributed by atoms with Crippen molar-refractivity contribution in [3.63, 3.8) is 0 Å². The van der Waals surface area contributed by atoms with Crippen LogP contribution in [0.5, 0.6) is 0 Å². The molecule has 27 heavy (non-hydrogen) atoms. The lowest BCUT2D eigenvalue weighted by Crippen LogP contribution is -2.38. The minimum atomic E-state index is -1.18. The van der Waals surface area contributed by atoms with Gasteiger partial charge in [0.25, 0.3) is 0 Å². The quantitative estimate of drug-likeness (QED) is 0.312. The first kappa shape index (κ1) is 21.0. The van der Waals surface area contributed by atoms with Crippen LogP contribution in [-0.4, -0.2) is 19.2 Å². The van der Waals surface area contributed by atoms with E-state index in [2.05, 4.69) is 12.8 Å². The number of carbonyl (C=O) groups is 1. The van der Waals surface area contributed by atoms with Crippen molar-refractivity contribution in [3.05, 3.63) is 48.0 Å². The molecule has 0 fully saturated rings. The van der Waals surface area contributed by atoms with Gasteiger partial charge < -0.3 is 9.47 Å². The molecule has 2 rings (SSSR count). The van der Waals surface area contributed by atoms with Crippen LogP contribution in [0.15, 0.2) is 42.5 Å².